The SMILES string of the molecule is CN(C)CC(=O)c1ccc(-c2ccc(C(=O)CN)s2)s1. The molecule has 0 unspecified atom stereocenters. The maximum absolute atomic E-state index is 12.0. The average Bonchev–Trinajstić information content (AvgIpc) is 3.05. The van der Waals surface area contributed by atoms with Gasteiger partial charge in [-0.3, -0.25) is 9.59 Å². The van der Waals surface area contributed by atoms with Gasteiger partial charge in [-0.1, -0.05) is 0 Å². The van der Waals surface area contributed by atoms with Crippen LogP contribution < -0.4 is 5.73 Å². The Balaban J connectivity index is 2.18. The highest BCUT2D eigenvalue weighted by Gasteiger charge is 2.13. The van der Waals surface area contributed by atoms with Crippen LogP contribution in [0.2, 0.25) is 0 Å². The number of nitrogens with two attached hydrogens (primary N) is 1. The summed E-state index contributed by atoms with van der Waals surface area (Å²) in [6.07, 6.45) is 0. The first-order chi connectivity index (χ1) is 9.51. The third-order valence-electron chi connectivity index (χ3n) is 2.65. The molecule has 0 bridgehead atoms. The summed E-state index contributed by atoms with van der Waals surface area (Å²) >= 11 is 2.88. The largest absolute Gasteiger partial charge is 0.324 e. The lowest BCUT2D eigenvalue weighted by Crippen LogP contribution is -2.20. The molecule has 0 saturated carbocycles. The lowest BCUT2D eigenvalue weighted by Gasteiger charge is -2.06. The Bertz CT molecular complexity index is 629. The van der Waals surface area contributed by atoms with Gasteiger partial charge < -0.3 is 10.6 Å². The van der Waals surface area contributed by atoms with E-state index in [4.69, 9.17) is 5.73 Å². The maximum Gasteiger partial charge on any atom is 0.186 e. The normalized spacial score (nSPS) is 11.0. The minimum absolute atomic E-state index is 0.0248. The quantitative estimate of drug-likeness (QED) is 0.832. The molecule has 0 saturated heterocycles. The van der Waals surface area contributed by atoms with Crippen molar-refractivity contribution >= 4 is 34.2 Å². The predicted molar refractivity (Wildman–Crippen MR) is 83.9 cm³/mol. The van der Waals surface area contributed by atoms with Crippen LogP contribution in [0.4, 0.5) is 0 Å². The van der Waals surface area contributed by atoms with Crippen molar-refractivity contribution in [2.75, 3.05) is 27.2 Å². The Morgan fingerprint density at radius 3 is 1.95 bits per heavy atom. The molecular weight excluding hydrogens is 292 g/mol. The molecule has 0 aromatic carbocycles. The van der Waals surface area contributed by atoms with E-state index in [1.54, 1.807) is 6.07 Å². The first kappa shape index (κ1) is 15.1. The smallest absolute Gasteiger partial charge is 0.186 e. The third kappa shape index (κ3) is 3.40. The number of ketones is 2. The summed E-state index contributed by atoms with van der Waals surface area (Å²) in [7, 11) is 3.74. The Morgan fingerprint density at radius 2 is 1.50 bits per heavy atom. The predicted octanol–water partition coefficient (Wildman–Crippen LogP) is 2.36. The lowest BCUT2D eigenvalue weighted by molar-refractivity contribution is 0.0960. The Hall–Kier alpha value is -1.34. The van der Waals surface area contributed by atoms with Crippen LogP contribution in [0.3, 0.4) is 0 Å². The Morgan fingerprint density at radius 1 is 1.00 bits per heavy atom. The molecular formula is C14H16N2O2S2. The van der Waals surface area contributed by atoms with Gasteiger partial charge in [-0.15, -0.1) is 22.7 Å². The van der Waals surface area contributed by atoms with E-state index in [-0.39, 0.29) is 18.1 Å². The van der Waals surface area contributed by atoms with Gasteiger partial charge in [0.1, 0.15) is 0 Å². The molecule has 0 radical (unpaired) electrons. The number of hydrogen-bond acceptors (Lipinski definition) is 6. The first-order valence-corrected chi connectivity index (χ1v) is 7.76. The summed E-state index contributed by atoms with van der Waals surface area (Å²) in [5.74, 6) is 0.0581. The maximum atomic E-state index is 12.0. The Kier molecular flexibility index (Phi) is 4.82. The van der Waals surface area contributed by atoms with Gasteiger partial charge in [0.05, 0.1) is 22.8 Å². The van der Waals surface area contributed by atoms with Crippen LogP contribution in [0.15, 0.2) is 24.3 Å². The number of nitrogens with zero attached hydrogens (tertiary/aromatic N) is 1. The third-order valence-corrected chi connectivity index (χ3v) is 5.10. The average molecular weight is 308 g/mol. The molecule has 0 aliphatic rings. The van der Waals surface area contributed by atoms with E-state index in [1.165, 1.54) is 22.7 Å². The van der Waals surface area contributed by atoms with Crippen molar-refractivity contribution in [2.45, 2.75) is 0 Å². The van der Waals surface area contributed by atoms with E-state index in [9.17, 15) is 9.59 Å². The summed E-state index contributed by atoms with van der Waals surface area (Å²) < 4.78 is 0. The summed E-state index contributed by atoms with van der Waals surface area (Å²) in [6.45, 7) is 0.429. The lowest BCUT2D eigenvalue weighted by atomic mass is 10.3. The molecule has 2 rings (SSSR count). The molecule has 0 aliphatic heterocycles. The minimum atomic E-state index is -0.0540. The second-order valence-corrected chi connectivity index (χ2v) is 6.78. The number of Topliss-reactive ketones (excluding diaryl/α,β-unsaturated/α-hetero) is 2. The van der Waals surface area contributed by atoms with Crippen LogP contribution in [-0.4, -0.2) is 43.7 Å². The van der Waals surface area contributed by atoms with Gasteiger partial charge >= 0.3 is 0 Å². The molecule has 0 fully saturated rings. The minimum Gasteiger partial charge on any atom is -0.324 e. The summed E-state index contributed by atoms with van der Waals surface area (Å²) in [5, 5.41) is 0. The molecule has 2 N–H and O–H groups in total. The van der Waals surface area contributed by atoms with Gasteiger partial charge in [0.2, 0.25) is 0 Å². The zero-order chi connectivity index (χ0) is 14.7. The number of likely N-dealkylation sites (N-methyl/N-ethyl adjacent to an activating group) is 1. The van der Waals surface area contributed by atoms with Gasteiger partial charge in [-0.25, -0.2) is 0 Å². The zero-order valence-corrected chi connectivity index (χ0v) is 13.0. The van der Waals surface area contributed by atoms with Gasteiger partial charge in [0.25, 0.3) is 0 Å². The van der Waals surface area contributed by atoms with Crippen molar-refractivity contribution in [3.8, 4) is 9.75 Å². The zero-order valence-electron chi connectivity index (χ0n) is 11.4. The molecule has 0 spiro atoms. The molecule has 0 amide bonds. The van der Waals surface area contributed by atoms with Crippen LogP contribution in [0.1, 0.15) is 19.3 Å². The van der Waals surface area contributed by atoms with Crippen molar-refractivity contribution < 1.29 is 9.59 Å². The molecule has 2 aromatic rings. The van der Waals surface area contributed by atoms with E-state index in [0.717, 1.165) is 14.6 Å². The molecule has 4 nitrogen and oxygen atoms in total. The van der Waals surface area contributed by atoms with E-state index < -0.39 is 0 Å². The molecule has 0 atom stereocenters. The van der Waals surface area contributed by atoms with Crippen LogP contribution in [0, 0.1) is 0 Å². The van der Waals surface area contributed by atoms with E-state index >= 15 is 0 Å². The highest BCUT2D eigenvalue weighted by molar-refractivity contribution is 7.23. The second-order valence-electron chi connectivity index (χ2n) is 4.62. The van der Waals surface area contributed by atoms with Crippen LogP contribution in [-0.2, 0) is 0 Å². The topological polar surface area (TPSA) is 63.4 Å². The summed E-state index contributed by atoms with van der Waals surface area (Å²) in [6, 6.07) is 7.46. The van der Waals surface area contributed by atoms with Crippen molar-refractivity contribution in [3.05, 3.63) is 34.0 Å². The second kappa shape index (κ2) is 6.41. The van der Waals surface area contributed by atoms with Gasteiger partial charge in [-0.05, 0) is 38.4 Å². The summed E-state index contributed by atoms with van der Waals surface area (Å²) in [5.41, 5.74) is 5.35. The van der Waals surface area contributed by atoms with Gasteiger partial charge in [0.15, 0.2) is 11.6 Å². The fourth-order valence-electron chi connectivity index (χ4n) is 1.71. The number of hydrogen-bond donors (Lipinski definition) is 1. The van der Waals surface area contributed by atoms with Gasteiger partial charge in [-0.2, -0.15) is 0 Å². The fourth-order valence-corrected chi connectivity index (χ4v) is 3.69. The molecule has 0 aliphatic carbocycles. The van der Waals surface area contributed by atoms with E-state index in [0.29, 0.717) is 11.4 Å². The molecule has 2 aromatic heterocycles. The highest BCUT2D eigenvalue weighted by Crippen LogP contribution is 2.33. The van der Waals surface area contributed by atoms with Gasteiger partial charge in [0, 0.05) is 9.75 Å². The first-order valence-electron chi connectivity index (χ1n) is 6.12. The molecule has 20 heavy (non-hydrogen) atoms. The van der Waals surface area contributed by atoms with Crippen LogP contribution >= 0.6 is 22.7 Å². The summed E-state index contributed by atoms with van der Waals surface area (Å²) in [4.78, 5) is 28.7. The van der Waals surface area contributed by atoms with Crippen LogP contribution in [0.25, 0.3) is 9.75 Å². The van der Waals surface area contributed by atoms with Crippen molar-refractivity contribution in [2.24, 2.45) is 5.73 Å². The molecule has 6 heteroatoms. The fraction of sp³-hybridized carbons (Fsp3) is 0.286. The monoisotopic (exact) mass is 308 g/mol. The number of carbonyl (C=O) groups is 2. The Labute approximate surface area is 125 Å². The standard InChI is InChI=1S/C14H16N2O2S2/c1-16(2)8-10(18)12-4-6-14(20-12)13-5-3-11(19-13)9(17)7-15/h3-6H,7-8,15H2,1-2H3. The van der Waals surface area contributed by atoms with Crippen molar-refractivity contribution in [3.63, 3.8) is 0 Å². The van der Waals surface area contributed by atoms with Crippen molar-refractivity contribution in [1.82, 2.24) is 4.90 Å². The molecule has 2 heterocycles. The van der Waals surface area contributed by atoms with Crippen molar-refractivity contribution in [1.29, 1.82) is 0 Å². The number of rotatable bonds is 6. The molecule has 106 valence electrons. The van der Waals surface area contributed by atoms with Crippen LogP contribution in [0.5, 0.6) is 0 Å². The highest BCUT2D eigenvalue weighted by atomic mass is 32.1. The van der Waals surface area contributed by atoms with E-state index in [1.807, 2.05) is 37.2 Å². The number of thiophene rings is 2. The number of carbonyl (C=O) groups excluding carboxylic acids is 2. The van der Waals surface area contributed by atoms with E-state index in [2.05, 4.69) is 0 Å².